The highest BCUT2D eigenvalue weighted by Gasteiger charge is 2.26. The molecule has 0 aliphatic heterocycles. The standard InChI is InChI=1S/C8H10NO4S2/c1-14(10,11)9(15(2,12)13)8-6-4-3-5-7-8/h3-6H,1-2H3. The molecule has 83 valence electrons. The van der Waals surface area contributed by atoms with E-state index in [0.717, 1.165) is 12.5 Å². The second-order valence-electron chi connectivity index (χ2n) is 2.97. The average molecular weight is 248 g/mol. The van der Waals surface area contributed by atoms with Gasteiger partial charge in [0.05, 0.1) is 18.2 Å². The molecule has 0 aliphatic carbocycles. The summed E-state index contributed by atoms with van der Waals surface area (Å²) in [6.45, 7) is 0. The fraction of sp³-hybridized carbons (Fsp3) is 0.250. The summed E-state index contributed by atoms with van der Waals surface area (Å²) < 4.78 is 45.6. The van der Waals surface area contributed by atoms with E-state index in [1.165, 1.54) is 18.2 Å². The smallest absolute Gasteiger partial charge is 0.206 e. The third-order valence-electron chi connectivity index (χ3n) is 1.49. The number of para-hydroxylation sites is 1. The van der Waals surface area contributed by atoms with Crippen LogP contribution >= 0.6 is 0 Å². The topological polar surface area (TPSA) is 71.5 Å². The Morgan fingerprint density at radius 3 is 1.93 bits per heavy atom. The van der Waals surface area contributed by atoms with Gasteiger partial charge in [-0.2, -0.15) is 3.71 Å². The molecule has 0 atom stereocenters. The largest absolute Gasteiger partial charge is 0.245 e. The summed E-state index contributed by atoms with van der Waals surface area (Å²) in [4.78, 5) is 0. The van der Waals surface area contributed by atoms with Crippen LogP contribution in [0.3, 0.4) is 0 Å². The summed E-state index contributed by atoms with van der Waals surface area (Å²) in [6, 6.07) is 8.51. The fourth-order valence-electron chi connectivity index (χ4n) is 1.10. The van der Waals surface area contributed by atoms with Crippen LogP contribution < -0.4 is 3.71 Å². The second kappa shape index (κ2) is 3.82. The zero-order chi connectivity index (χ0) is 11.7. The lowest BCUT2D eigenvalue weighted by atomic mass is 10.3. The van der Waals surface area contributed by atoms with E-state index in [4.69, 9.17) is 0 Å². The maximum atomic E-state index is 11.3. The van der Waals surface area contributed by atoms with Gasteiger partial charge in [-0.1, -0.05) is 18.2 Å². The van der Waals surface area contributed by atoms with Crippen LogP contribution in [0.15, 0.2) is 24.3 Å². The van der Waals surface area contributed by atoms with Gasteiger partial charge in [-0.15, -0.1) is 0 Å². The minimum atomic E-state index is -3.86. The first kappa shape index (κ1) is 12.0. The molecule has 0 saturated carbocycles. The highest BCUT2D eigenvalue weighted by Crippen LogP contribution is 2.19. The van der Waals surface area contributed by atoms with Crippen molar-refractivity contribution in [1.82, 2.24) is 0 Å². The normalized spacial score (nSPS) is 12.4. The molecule has 1 rings (SSSR count). The van der Waals surface area contributed by atoms with Gasteiger partial charge in [-0.25, -0.2) is 16.8 Å². The van der Waals surface area contributed by atoms with Crippen LogP contribution in [0.4, 0.5) is 5.69 Å². The molecule has 0 bridgehead atoms. The predicted octanol–water partition coefficient (Wildman–Crippen LogP) is 0.212. The number of rotatable bonds is 3. The summed E-state index contributed by atoms with van der Waals surface area (Å²) in [5, 5.41) is 0. The maximum absolute atomic E-state index is 11.3. The lowest BCUT2D eigenvalue weighted by Crippen LogP contribution is -2.35. The van der Waals surface area contributed by atoms with Crippen LogP contribution in [-0.2, 0) is 20.0 Å². The Morgan fingerprint density at radius 2 is 1.60 bits per heavy atom. The minimum absolute atomic E-state index is 0.0116. The van der Waals surface area contributed by atoms with E-state index in [0.29, 0.717) is 3.71 Å². The van der Waals surface area contributed by atoms with Crippen LogP contribution in [0, 0.1) is 6.07 Å². The van der Waals surface area contributed by atoms with Gasteiger partial charge in [0, 0.05) is 6.07 Å². The van der Waals surface area contributed by atoms with E-state index in [2.05, 4.69) is 6.07 Å². The minimum Gasteiger partial charge on any atom is -0.206 e. The summed E-state index contributed by atoms with van der Waals surface area (Å²) in [5.74, 6) is 0. The van der Waals surface area contributed by atoms with E-state index in [1.54, 1.807) is 6.07 Å². The molecule has 0 spiro atoms. The molecule has 0 saturated heterocycles. The maximum Gasteiger partial charge on any atom is 0.245 e. The molecule has 0 N–H and O–H groups in total. The number of anilines is 1. The molecule has 0 aliphatic rings. The van der Waals surface area contributed by atoms with Gasteiger partial charge in [0.25, 0.3) is 0 Å². The number of sulfonamides is 2. The summed E-state index contributed by atoms with van der Waals surface area (Å²) >= 11 is 0. The van der Waals surface area contributed by atoms with Gasteiger partial charge in [0.2, 0.25) is 20.0 Å². The van der Waals surface area contributed by atoms with Crippen molar-refractivity contribution < 1.29 is 16.8 Å². The second-order valence-corrected chi connectivity index (χ2v) is 6.86. The zero-order valence-corrected chi connectivity index (χ0v) is 9.84. The molecule has 0 unspecified atom stereocenters. The predicted molar refractivity (Wildman–Crippen MR) is 57.4 cm³/mol. The monoisotopic (exact) mass is 248 g/mol. The van der Waals surface area contributed by atoms with Crippen molar-refractivity contribution in [3.05, 3.63) is 30.3 Å². The molecular weight excluding hydrogens is 238 g/mol. The van der Waals surface area contributed by atoms with Gasteiger partial charge >= 0.3 is 0 Å². The molecule has 0 heterocycles. The van der Waals surface area contributed by atoms with Gasteiger partial charge in [-0.05, 0) is 6.07 Å². The summed E-state index contributed by atoms with van der Waals surface area (Å²) in [7, 11) is -7.72. The van der Waals surface area contributed by atoms with Gasteiger partial charge in [-0.3, -0.25) is 0 Å². The fourth-order valence-corrected chi connectivity index (χ4v) is 4.01. The van der Waals surface area contributed by atoms with Crippen LogP contribution in [0.1, 0.15) is 0 Å². The first-order valence-corrected chi connectivity index (χ1v) is 7.60. The molecule has 1 aromatic carbocycles. The summed E-state index contributed by atoms with van der Waals surface area (Å²) in [5.41, 5.74) is -0.0116. The molecule has 1 aromatic rings. The van der Waals surface area contributed by atoms with Crippen molar-refractivity contribution in [1.29, 1.82) is 0 Å². The Labute approximate surface area is 89.4 Å². The Bertz CT molecular complexity index is 501. The van der Waals surface area contributed by atoms with Crippen molar-refractivity contribution in [2.45, 2.75) is 0 Å². The molecule has 0 fully saturated rings. The molecule has 1 radical (unpaired) electrons. The van der Waals surface area contributed by atoms with Crippen LogP contribution in [0.5, 0.6) is 0 Å². The van der Waals surface area contributed by atoms with Crippen molar-refractivity contribution in [3.63, 3.8) is 0 Å². The van der Waals surface area contributed by atoms with Crippen molar-refractivity contribution in [2.24, 2.45) is 0 Å². The first-order chi connectivity index (χ1) is 6.73. The molecule has 0 aromatic heterocycles. The van der Waals surface area contributed by atoms with E-state index in [9.17, 15) is 16.8 Å². The van der Waals surface area contributed by atoms with E-state index >= 15 is 0 Å². The molecule has 0 amide bonds. The van der Waals surface area contributed by atoms with Crippen molar-refractivity contribution in [3.8, 4) is 0 Å². The van der Waals surface area contributed by atoms with Crippen LogP contribution in [0.2, 0.25) is 0 Å². The highest BCUT2D eigenvalue weighted by atomic mass is 32.3. The number of hydrogen-bond acceptors (Lipinski definition) is 4. The highest BCUT2D eigenvalue weighted by molar-refractivity contribution is 8.09. The Morgan fingerprint density at radius 1 is 1.07 bits per heavy atom. The molecule has 15 heavy (non-hydrogen) atoms. The van der Waals surface area contributed by atoms with Gasteiger partial charge in [0.1, 0.15) is 0 Å². The lowest BCUT2D eigenvalue weighted by molar-refractivity contribution is 0.590. The lowest BCUT2D eigenvalue weighted by Gasteiger charge is -2.18. The number of hydrogen-bond donors (Lipinski definition) is 0. The van der Waals surface area contributed by atoms with Crippen molar-refractivity contribution in [2.75, 3.05) is 16.2 Å². The first-order valence-electron chi connectivity index (χ1n) is 3.90. The van der Waals surface area contributed by atoms with Crippen LogP contribution in [-0.4, -0.2) is 29.3 Å². The summed E-state index contributed by atoms with van der Waals surface area (Å²) in [6.07, 6.45) is 1.66. The third kappa shape index (κ3) is 2.93. The third-order valence-corrected chi connectivity index (χ3v) is 4.71. The molecule has 7 heteroatoms. The van der Waals surface area contributed by atoms with Gasteiger partial charge in [0.15, 0.2) is 0 Å². The Hall–Kier alpha value is -1.08. The average Bonchev–Trinajstić information content (AvgIpc) is 2.00. The number of benzene rings is 1. The number of nitrogens with zero attached hydrogens (tertiary/aromatic N) is 1. The van der Waals surface area contributed by atoms with E-state index < -0.39 is 20.0 Å². The van der Waals surface area contributed by atoms with Crippen LogP contribution in [0.25, 0.3) is 0 Å². The van der Waals surface area contributed by atoms with Crippen molar-refractivity contribution >= 4 is 25.7 Å². The molecule has 5 nitrogen and oxygen atoms in total. The van der Waals surface area contributed by atoms with Gasteiger partial charge < -0.3 is 0 Å². The van der Waals surface area contributed by atoms with E-state index in [1.807, 2.05) is 0 Å². The quantitative estimate of drug-likeness (QED) is 0.766. The zero-order valence-electron chi connectivity index (χ0n) is 8.21. The SMILES string of the molecule is CS(=O)(=O)N(c1[c]cccc1)S(C)(=O)=O. The Balaban J connectivity index is 3.41. The Kier molecular flexibility index (Phi) is 3.05. The molecular formula is C8H10NO4S2. The van der Waals surface area contributed by atoms with E-state index in [-0.39, 0.29) is 5.69 Å².